The van der Waals surface area contributed by atoms with Gasteiger partial charge in [0.25, 0.3) is 0 Å². The van der Waals surface area contributed by atoms with Crippen molar-refractivity contribution in [1.82, 2.24) is 4.90 Å². The lowest BCUT2D eigenvalue weighted by molar-refractivity contribution is -0.125. The molecule has 0 bridgehead atoms. The molecule has 1 fully saturated rings. The van der Waals surface area contributed by atoms with Crippen LogP contribution >= 0.6 is 0 Å². The summed E-state index contributed by atoms with van der Waals surface area (Å²) in [5, 5.41) is 0. The second-order valence-corrected chi connectivity index (χ2v) is 13.2. The van der Waals surface area contributed by atoms with E-state index < -0.39 is 0 Å². The van der Waals surface area contributed by atoms with E-state index in [0.717, 1.165) is 51.0 Å². The van der Waals surface area contributed by atoms with Crippen LogP contribution in [0.3, 0.4) is 0 Å². The summed E-state index contributed by atoms with van der Waals surface area (Å²) in [5.74, 6) is 2.44. The molecule has 3 heteroatoms. The third-order valence-corrected chi connectivity index (χ3v) is 9.16. The molecule has 1 aliphatic rings. The second-order valence-electron chi connectivity index (χ2n) is 13.2. The Labute approximate surface area is 263 Å². The van der Waals surface area contributed by atoms with E-state index >= 15 is 0 Å². The first-order valence-corrected chi connectivity index (χ1v) is 18.4. The predicted octanol–water partition coefficient (Wildman–Crippen LogP) is 11.8. The summed E-state index contributed by atoms with van der Waals surface area (Å²) in [4.78, 5) is 15.5. The third-order valence-electron chi connectivity index (χ3n) is 9.16. The number of likely N-dealkylation sites (tertiary alicyclic amines) is 1. The molecule has 42 heavy (non-hydrogen) atoms. The Morgan fingerprint density at radius 1 is 0.762 bits per heavy atom. The average Bonchev–Trinajstić information content (AvgIpc) is 2.99. The van der Waals surface area contributed by atoms with Gasteiger partial charge < -0.3 is 9.64 Å². The third kappa shape index (κ3) is 23.1. The molecule has 1 aliphatic heterocycles. The number of Topliss-reactive ketones (excluding diaryl/α,β-unsaturated/α-hetero) is 1. The lowest BCUT2D eigenvalue weighted by atomic mass is 9.84. The Hall–Kier alpha value is -1.35. The Kier molecular flexibility index (Phi) is 26.2. The number of hydrogen-bond donors (Lipinski definition) is 0. The number of hydrogen-bond acceptors (Lipinski definition) is 3. The van der Waals surface area contributed by atoms with Crippen molar-refractivity contribution in [2.24, 2.45) is 11.8 Å². The Morgan fingerprint density at radius 2 is 1.31 bits per heavy atom. The molecule has 1 unspecified atom stereocenters. The topological polar surface area (TPSA) is 29.5 Å². The van der Waals surface area contributed by atoms with Crippen LogP contribution in [0.1, 0.15) is 168 Å². The van der Waals surface area contributed by atoms with E-state index in [1.807, 2.05) is 0 Å². The van der Waals surface area contributed by atoms with Gasteiger partial charge in [0, 0.05) is 18.8 Å². The van der Waals surface area contributed by atoms with E-state index in [9.17, 15) is 4.79 Å². The molecule has 0 spiro atoms. The fourth-order valence-electron chi connectivity index (χ4n) is 6.18. The normalized spacial score (nSPS) is 15.6. The minimum Gasteiger partial charge on any atom is -0.495 e. The summed E-state index contributed by atoms with van der Waals surface area (Å²) in [7, 11) is 2.18. The van der Waals surface area contributed by atoms with Crippen molar-refractivity contribution in [1.29, 1.82) is 0 Å². The molecule has 0 aromatic carbocycles. The van der Waals surface area contributed by atoms with E-state index in [2.05, 4.69) is 56.7 Å². The largest absolute Gasteiger partial charge is 0.495 e. The second kappa shape index (κ2) is 28.4. The van der Waals surface area contributed by atoms with Gasteiger partial charge in [0.05, 0.1) is 5.76 Å². The lowest BCUT2D eigenvalue weighted by Crippen LogP contribution is -2.34. The van der Waals surface area contributed by atoms with Gasteiger partial charge in [-0.2, -0.15) is 0 Å². The number of ether oxygens (including phenoxy) is 1. The molecule has 244 valence electrons. The fraction of sp³-hybridized carbons (Fsp3) is 0.821. The summed E-state index contributed by atoms with van der Waals surface area (Å²) in [6.07, 6.45) is 38.7. The van der Waals surface area contributed by atoms with E-state index in [4.69, 9.17) is 4.74 Å². The van der Waals surface area contributed by atoms with Gasteiger partial charge in [-0.3, -0.25) is 4.79 Å². The number of carbonyl (C=O) groups is 1. The highest BCUT2D eigenvalue weighted by Crippen LogP contribution is 2.27. The van der Waals surface area contributed by atoms with E-state index in [-0.39, 0.29) is 0 Å². The molecule has 0 saturated carbocycles. The van der Waals surface area contributed by atoms with Crippen molar-refractivity contribution in [2.45, 2.75) is 168 Å². The van der Waals surface area contributed by atoms with Crippen molar-refractivity contribution in [3.63, 3.8) is 0 Å². The van der Waals surface area contributed by atoms with Gasteiger partial charge in [-0.1, -0.05) is 154 Å². The maximum Gasteiger partial charge on any atom is 0.136 e. The Morgan fingerprint density at radius 3 is 1.93 bits per heavy atom. The molecule has 1 saturated heterocycles. The Balaban J connectivity index is 2.16. The molecule has 3 nitrogen and oxygen atoms in total. The van der Waals surface area contributed by atoms with E-state index in [1.54, 1.807) is 0 Å². The highest BCUT2D eigenvalue weighted by Gasteiger charge is 2.25. The van der Waals surface area contributed by atoms with Crippen molar-refractivity contribution >= 4 is 5.78 Å². The van der Waals surface area contributed by atoms with Crippen LogP contribution in [0.2, 0.25) is 0 Å². The molecule has 0 aromatic heterocycles. The molecule has 0 radical (unpaired) electrons. The van der Waals surface area contributed by atoms with Crippen LogP contribution in [-0.4, -0.2) is 37.4 Å². The number of allylic oxidation sites excluding steroid dienone is 4. The summed E-state index contributed by atoms with van der Waals surface area (Å²) in [5.41, 5.74) is 0. The summed E-state index contributed by atoms with van der Waals surface area (Å²) in [6.45, 7) is 11.4. The quantitative estimate of drug-likeness (QED) is 0.0497. The molecule has 0 N–H and O–H groups in total. The van der Waals surface area contributed by atoms with Crippen LogP contribution < -0.4 is 0 Å². The van der Waals surface area contributed by atoms with Gasteiger partial charge in [-0.25, -0.2) is 0 Å². The molecule has 0 amide bonds. The van der Waals surface area contributed by atoms with Crippen LogP contribution in [0.15, 0.2) is 36.6 Å². The molecule has 0 aromatic rings. The highest BCUT2D eigenvalue weighted by atomic mass is 16.5. The first-order chi connectivity index (χ1) is 20.6. The number of unbranched alkanes of at least 4 members (excludes halogenated alkanes) is 14. The highest BCUT2D eigenvalue weighted by molar-refractivity contribution is 5.81. The number of ketones is 1. The van der Waals surface area contributed by atoms with E-state index in [0.29, 0.717) is 24.2 Å². The van der Waals surface area contributed by atoms with Crippen LogP contribution in [0, 0.1) is 11.8 Å². The standard InChI is InChI=1S/C39H71NO2/c1-5-7-9-11-13-15-20-24-28-37(35-39(41)38-30-32-40(4)33-31-38)29-25-21-17-16-19-23-27-36(3)42-34-26-22-18-14-12-10-8-6-2/h12,14,22,26,37-38H,3,5-11,13,15-21,23-25,27-35H2,1-2,4H3/b14-12-,26-22-. The predicted molar refractivity (Wildman–Crippen MR) is 185 cm³/mol. The van der Waals surface area contributed by atoms with Gasteiger partial charge in [-0.15, -0.1) is 0 Å². The zero-order valence-corrected chi connectivity index (χ0v) is 28.5. The molecule has 1 heterocycles. The van der Waals surface area contributed by atoms with Crippen LogP contribution in [0.5, 0.6) is 0 Å². The monoisotopic (exact) mass is 586 g/mol. The summed E-state index contributed by atoms with van der Waals surface area (Å²) < 4.78 is 5.77. The molecule has 0 aliphatic carbocycles. The minimum absolute atomic E-state index is 0.328. The lowest BCUT2D eigenvalue weighted by Gasteiger charge is -2.29. The van der Waals surface area contributed by atoms with Gasteiger partial charge in [0.15, 0.2) is 0 Å². The molecular formula is C39H71NO2. The van der Waals surface area contributed by atoms with Crippen molar-refractivity contribution < 1.29 is 9.53 Å². The van der Waals surface area contributed by atoms with Crippen LogP contribution in [-0.2, 0) is 9.53 Å². The van der Waals surface area contributed by atoms with Crippen LogP contribution in [0.25, 0.3) is 0 Å². The van der Waals surface area contributed by atoms with Gasteiger partial charge >= 0.3 is 0 Å². The zero-order valence-electron chi connectivity index (χ0n) is 28.5. The first kappa shape index (κ1) is 38.7. The minimum atomic E-state index is 0.328. The van der Waals surface area contributed by atoms with Crippen molar-refractivity contribution in [3.05, 3.63) is 36.6 Å². The number of rotatable bonds is 29. The van der Waals surface area contributed by atoms with Gasteiger partial charge in [0.1, 0.15) is 12.4 Å². The SMILES string of the molecule is C=C(CCCCCCCCC(CCCCCCCCCC)CC(=O)C1CCN(C)CC1)OC/C=C\C/C=C\CCCC. The molecular weight excluding hydrogens is 514 g/mol. The van der Waals surface area contributed by atoms with Crippen LogP contribution in [0.4, 0.5) is 0 Å². The van der Waals surface area contributed by atoms with Gasteiger partial charge in [-0.05, 0) is 58.2 Å². The summed E-state index contributed by atoms with van der Waals surface area (Å²) in [6, 6.07) is 0. The zero-order chi connectivity index (χ0) is 30.5. The van der Waals surface area contributed by atoms with Crippen molar-refractivity contribution in [2.75, 3.05) is 26.7 Å². The van der Waals surface area contributed by atoms with Crippen molar-refractivity contribution in [3.8, 4) is 0 Å². The maximum absolute atomic E-state index is 13.1. The smallest absolute Gasteiger partial charge is 0.136 e. The average molecular weight is 586 g/mol. The maximum atomic E-state index is 13.1. The molecule has 1 atom stereocenters. The molecule has 1 rings (SSSR count). The Bertz CT molecular complexity index is 688. The number of carbonyl (C=O) groups excluding carboxylic acids is 1. The fourth-order valence-corrected chi connectivity index (χ4v) is 6.18. The summed E-state index contributed by atoms with van der Waals surface area (Å²) >= 11 is 0. The van der Waals surface area contributed by atoms with Gasteiger partial charge in [0.2, 0.25) is 0 Å². The first-order valence-electron chi connectivity index (χ1n) is 18.4. The number of piperidine rings is 1. The number of nitrogens with zero attached hydrogens (tertiary/aromatic N) is 1. The van der Waals surface area contributed by atoms with E-state index in [1.165, 1.54) is 122 Å².